The van der Waals surface area contributed by atoms with Crippen molar-refractivity contribution < 1.29 is 19.4 Å². The van der Waals surface area contributed by atoms with Crippen LogP contribution in [-0.2, 0) is 19.9 Å². The number of fused-ring (bicyclic) bond motifs is 1. The summed E-state index contributed by atoms with van der Waals surface area (Å²) in [5.74, 6) is -2.18. The maximum atomic E-state index is 13.8. The second-order valence-electron chi connectivity index (χ2n) is 9.15. The number of nitrogens with zero attached hydrogens (tertiary/aromatic N) is 5. The average Bonchev–Trinajstić information content (AvgIpc) is 3.56. The van der Waals surface area contributed by atoms with Gasteiger partial charge in [0.1, 0.15) is 17.1 Å². The van der Waals surface area contributed by atoms with Gasteiger partial charge in [0.05, 0.1) is 24.3 Å². The van der Waals surface area contributed by atoms with Crippen LogP contribution in [-0.4, -0.2) is 60.3 Å². The van der Waals surface area contributed by atoms with Gasteiger partial charge in [0.15, 0.2) is 5.82 Å². The Hall–Kier alpha value is -2.78. The quantitative estimate of drug-likeness (QED) is 0.704. The lowest BCUT2D eigenvalue weighted by molar-refractivity contribution is -0.150. The van der Waals surface area contributed by atoms with Crippen molar-refractivity contribution in [2.24, 2.45) is 11.8 Å². The summed E-state index contributed by atoms with van der Waals surface area (Å²) in [5, 5.41) is 23.0. The average molecular weight is 456 g/mol. The number of rotatable bonds is 4. The molecule has 3 aliphatic heterocycles. The number of likely N-dealkylation sites (tertiary alicyclic amines) is 1. The molecular weight excluding hydrogens is 434 g/mol. The molecule has 1 N–H and O–H groups in total. The third kappa shape index (κ3) is 2.58. The summed E-state index contributed by atoms with van der Waals surface area (Å²) < 4.78 is 7.78. The molecule has 2 bridgehead atoms. The van der Waals surface area contributed by atoms with Gasteiger partial charge in [-0.1, -0.05) is 43.0 Å². The van der Waals surface area contributed by atoms with Crippen molar-refractivity contribution in [1.29, 1.82) is 0 Å². The molecule has 1 aliphatic carbocycles. The van der Waals surface area contributed by atoms with Gasteiger partial charge < -0.3 is 14.7 Å². The molecule has 4 heterocycles. The van der Waals surface area contributed by atoms with Gasteiger partial charge in [-0.3, -0.25) is 9.59 Å². The molecule has 2 saturated heterocycles. The highest BCUT2D eigenvalue weighted by atomic mass is 35.5. The number of amides is 1. The lowest BCUT2D eigenvalue weighted by atomic mass is 9.77. The smallest absolute Gasteiger partial charge is 0.310 e. The SMILES string of the molecule is O=C(O)[C@H]1[C@H]2C(=O)N(C3(c4nnnn4-c4ccc(Cl)cc4)CCCCC3)C[C@@]23C=C[C@H]1O3. The fourth-order valence-electron chi connectivity index (χ4n) is 6.13. The van der Waals surface area contributed by atoms with Crippen molar-refractivity contribution in [2.75, 3.05) is 6.54 Å². The molecule has 1 spiro atoms. The summed E-state index contributed by atoms with van der Waals surface area (Å²) in [6, 6.07) is 7.22. The molecule has 1 amide bonds. The van der Waals surface area contributed by atoms with Crippen LogP contribution in [0.5, 0.6) is 0 Å². The molecular formula is C22H22ClN5O4. The lowest BCUT2D eigenvalue weighted by Crippen LogP contribution is -2.52. The number of ether oxygens (including phenoxy) is 1. The van der Waals surface area contributed by atoms with Crippen molar-refractivity contribution in [2.45, 2.75) is 49.3 Å². The fraction of sp³-hybridized carbons (Fsp3) is 0.500. The number of hydrogen-bond donors (Lipinski definition) is 1. The van der Waals surface area contributed by atoms with Gasteiger partial charge in [-0.15, -0.1) is 5.10 Å². The summed E-state index contributed by atoms with van der Waals surface area (Å²) >= 11 is 6.06. The molecule has 2 aromatic rings. The molecule has 0 unspecified atom stereocenters. The standard InChI is InChI=1S/C22H22ClN5O4/c23-13-4-6-14(7-5-13)28-20(24-25-26-28)21(9-2-1-3-10-21)27-12-22-11-8-15(32-22)16(19(30)31)17(22)18(27)29/h4-8,11,15-17H,1-3,9-10,12H2,(H,30,31)/t15-,16-,17+,22+/m1/s1. The van der Waals surface area contributed by atoms with Crippen LogP contribution in [0.2, 0.25) is 5.02 Å². The number of hydrogen-bond acceptors (Lipinski definition) is 6. The van der Waals surface area contributed by atoms with Crippen LogP contribution in [0.15, 0.2) is 36.4 Å². The van der Waals surface area contributed by atoms with Crippen molar-refractivity contribution in [1.82, 2.24) is 25.1 Å². The number of aromatic nitrogens is 4. The van der Waals surface area contributed by atoms with Gasteiger partial charge >= 0.3 is 5.97 Å². The van der Waals surface area contributed by atoms with E-state index in [1.54, 1.807) is 22.9 Å². The molecule has 10 heteroatoms. The molecule has 166 valence electrons. The first-order valence-corrected chi connectivity index (χ1v) is 11.3. The molecule has 6 rings (SSSR count). The lowest BCUT2D eigenvalue weighted by Gasteiger charge is -2.44. The molecule has 4 atom stereocenters. The van der Waals surface area contributed by atoms with Gasteiger partial charge in [0, 0.05) is 5.02 Å². The molecule has 1 saturated carbocycles. The number of carbonyl (C=O) groups excluding carboxylic acids is 1. The molecule has 9 nitrogen and oxygen atoms in total. The zero-order valence-electron chi connectivity index (χ0n) is 17.2. The van der Waals surface area contributed by atoms with Crippen LogP contribution in [0.25, 0.3) is 5.69 Å². The molecule has 4 aliphatic rings. The molecule has 1 aromatic carbocycles. The van der Waals surface area contributed by atoms with E-state index in [-0.39, 0.29) is 5.91 Å². The minimum absolute atomic E-state index is 0.184. The Morgan fingerprint density at radius 1 is 1.19 bits per heavy atom. The molecule has 0 radical (unpaired) electrons. The Balaban J connectivity index is 1.46. The number of tetrazole rings is 1. The van der Waals surface area contributed by atoms with E-state index in [1.165, 1.54) is 0 Å². The summed E-state index contributed by atoms with van der Waals surface area (Å²) in [5.41, 5.74) is -0.867. The zero-order chi connectivity index (χ0) is 22.1. The predicted octanol–water partition coefficient (Wildman–Crippen LogP) is 2.34. The minimum Gasteiger partial charge on any atom is -0.481 e. The highest BCUT2D eigenvalue weighted by molar-refractivity contribution is 6.30. The van der Waals surface area contributed by atoms with Crippen LogP contribution >= 0.6 is 11.6 Å². The van der Waals surface area contributed by atoms with Crippen LogP contribution in [0.3, 0.4) is 0 Å². The second kappa shape index (κ2) is 6.86. The van der Waals surface area contributed by atoms with Gasteiger partial charge in [-0.05, 0) is 47.5 Å². The first-order chi connectivity index (χ1) is 15.5. The van der Waals surface area contributed by atoms with Crippen LogP contribution < -0.4 is 0 Å². The highest BCUT2D eigenvalue weighted by Gasteiger charge is 2.69. The summed E-state index contributed by atoms with van der Waals surface area (Å²) in [6.45, 7) is 0.306. The van der Waals surface area contributed by atoms with E-state index in [2.05, 4.69) is 15.5 Å². The van der Waals surface area contributed by atoms with E-state index in [1.807, 2.05) is 23.1 Å². The van der Waals surface area contributed by atoms with E-state index in [0.717, 1.165) is 24.9 Å². The largest absolute Gasteiger partial charge is 0.481 e. The predicted molar refractivity (Wildman–Crippen MR) is 112 cm³/mol. The van der Waals surface area contributed by atoms with Crippen LogP contribution in [0, 0.1) is 11.8 Å². The Bertz CT molecular complexity index is 1130. The van der Waals surface area contributed by atoms with Crippen molar-refractivity contribution in [3.05, 3.63) is 47.3 Å². The van der Waals surface area contributed by atoms with Crippen molar-refractivity contribution in [3.63, 3.8) is 0 Å². The van der Waals surface area contributed by atoms with Gasteiger partial charge in [-0.2, -0.15) is 4.68 Å². The van der Waals surface area contributed by atoms with E-state index in [4.69, 9.17) is 16.3 Å². The maximum absolute atomic E-state index is 13.8. The van der Waals surface area contributed by atoms with Crippen molar-refractivity contribution in [3.8, 4) is 5.69 Å². The third-order valence-corrected chi connectivity index (χ3v) is 7.79. The Kier molecular flexibility index (Phi) is 4.26. The first-order valence-electron chi connectivity index (χ1n) is 10.9. The molecule has 32 heavy (non-hydrogen) atoms. The topological polar surface area (TPSA) is 110 Å². The highest BCUT2D eigenvalue weighted by Crippen LogP contribution is 2.56. The monoisotopic (exact) mass is 455 g/mol. The summed E-state index contributed by atoms with van der Waals surface area (Å²) in [6.07, 6.45) is 7.46. The summed E-state index contributed by atoms with van der Waals surface area (Å²) in [4.78, 5) is 27.7. The van der Waals surface area contributed by atoms with Crippen molar-refractivity contribution >= 4 is 23.5 Å². The van der Waals surface area contributed by atoms with Crippen LogP contribution in [0.1, 0.15) is 37.9 Å². The van der Waals surface area contributed by atoms with Gasteiger partial charge in [-0.25, -0.2) is 0 Å². The van der Waals surface area contributed by atoms with Crippen LogP contribution in [0.4, 0.5) is 0 Å². The Morgan fingerprint density at radius 3 is 2.66 bits per heavy atom. The number of carboxylic acids is 1. The fourth-order valence-corrected chi connectivity index (χ4v) is 6.25. The maximum Gasteiger partial charge on any atom is 0.310 e. The number of carbonyl (C=O) groups is 2. The number of halogens is 1. The third-order valence-electron chi connectivity index (χ3n) is 7.54. The Morgan fingerprint density at radius 2 is 1.94 bits per heavy atom. The zero-order valence-corrected chi connectivity index (χ0v) is 18.0. The van der Waals surface area contributed by atoms with E-state index >= 15 is 0 Å². The summed E-state index contributed by atoms with van der Waals surface area (Å²) in [7, 11) is 0. The normalized spacial score (nSPS) is 32.5. The minimum atomic E-state index is -0.995. The molecule has 3 fully saturated rings. The Labute approximate surface area is 189 Å². The number of carboxylic acid groups (broad SMARTS) is 1. The molecule has 1 aromatic heterocycles. The van der Waals surface area contributed by atoms with E-state index in [0.29, 0.717) is 30.2 Å². The van der Waals surface area contributed by atoms with E-state index < -0.39 is 35.0 Å². The first kappa shape index (κ1) is 19.9. The number of aliphatic carboxylic acids is 1. The number of benzene rings is 1. The van der Waals surface area contributed by atoms with E-state index in [9.17, 15) is 14.7 Å². The van der Waals surface area contributed by atoms with Gasteiger partial charge in [0.25, 0.3) is 0 Å². The van der Waals surface area contributed by atoms with Gasteiger partial charge in [0.2, 0.25) is 5.91 Å². The second-order valence-corrected chi connectivity index (χ2v) is 9.58.